The number of hydrogen-bond acceptors (Lipinski definition) is 5. The molecule has 0 atom stereocenters. The van der Waals surface area contributed by atoms with Crippen molar-refractivity contribution in [3.05, 3.63) is 53.6 Å². The number of benzene rings is 2. The minimum atomic E-state index is -3.78. The molecule has 9 heteroatoms. The predicted molar refractivity (Wildman–Crippen MR) is 108 cm³/mol. The Bertz CT molecular complexity index is 875. The molecule has 0 saturated carbocycles. The lowest BCUT2D eigenvalue weighted by molar-refractivity contribution is -0.123. The first-order valence-corrected chi connectivity index (χ1v) is 10.6. The molecule has 0 spiro atoms. The standard InChI is InChI=1S/C19H23ClN2O5S/c1-2-26-12-6-11-21-19(23)14-27-18-10-9-16(13-17(18)20)28(24,25)22-15-7-4-3-5-8-15/h3-5,7-10,13,22H,2,6,11-12,14H2,1H3,(H,21,23). The van der Waals surface area contributed by atoms with Crippen molar-refractivity contribution in [2.75, 3.05) is 31.1 Å². The van der Waals surface area contributed by atoms with Gasteiger partial charge in [0.05, 0.1) is 9.92 Å². The summed E-state index contributed by atoms with van der Waals surface area (Å²) in [6.45, 7) is 3.39. The van der Waals surface area contributed by atoms with E-state index in [-0.39, 0.29) is 28.2 Å². The Labute approximate surface area is 170 Å². The summed E-state index contributed by atoms with van der Waals surface area (Å²) in [6.07, 6.45) is 0.710. The molecule has 0 heterocycles. The summed E-state index contributed by atoms with van der Waals surface area (Å²) in [4.78, 5) is 11.8. The first-order chi connectivity index (χ1) is 13.4. The first-order valence-electron chi connectivity index (χ1n) is 8.77. The third-order valence-corrected chi connectivity index (χ3v) is 5.26. The van der Waals surface area contributed by atoms with Crippen LogP contribution in [-0.2, 0) is 19.6 Å². The molecule has 152 valence electrons. The maximum atomic E-state index is 12.4. The van der Waals surface area contributed by atoms with Crippen molar-refractivity contribution >= 4 is 33.2 Å². The normalized spacial score (nSPS) is 11.1. The van der Waals surface area contributed by atoms with Crippen LogP contribution in [0.2, 0.25) is 5.02 Å². The molecule has 0 aliphatic heterocycles. The summed E-state index contributed by atoms with van der Waals surface area (Å²) >= 11 is 6.12. The molecule has 0 radical (unpaired) electrons. The molecule has 7 nitrogen and oxygen atoms in total. The topological polar surface area (TPSA) is 93.7 Å². The molecular weight excluding hydrogens is 404 g/mol. The molecule has 0 aromatic heterocycles. The number of amides is 1. The van der Waals surface area contributed by atoms with E-state index in [2.05, 4.69) is 10.0 Å². The second-order valence-corrected chi connectivity index (χ2v) is 7.84. The van der Waals surface area contributed by atoms with Gasteiger partial charge in [0.25, 0.3) is 15.9 Å². The minimum absolute atomic E-state index is 0.00548. The van der Waals surface area contributed by atoms with Crippen molar-refractivity contribution in [3.63, 3.8) is 0 Å². The van der Waals surface area contributed by atoms with Crippen LogP contribution in [0.25, 0.3) is 0 Å². The molecule has 0 aliphatic carbocycles. The van der Waals surface area contributed by atoms with Gasteiger partial charge in [-0.15, -0.1) is 0 Å². The van der Waals surface area contributed by atoms with E-state index in [9.17, 15) is 13.2 Å². The van der Waals surface area contributed by atoms with Gasteiger partial charge in [-0.3, -0.25) is 9.52 Å². The zero-order valence-corrected chi connectivity index (χ0v) is 17.1. The first kappa shape index (κ1) is 22.0. The van der Waals surface area contributed by atoms with Gasteiger partial charge in [-0.2, -0.15) is 0 Å². The maximum absolute atomic E-state index is 12.4. The van der Waals surface area contributed by atoms with Crippen LogP contribution in [0, 0.1) is 0 Å². The number of para-hydroxylation sites is 1. The van der Waals surface area contributed by atoms with Crippen LogP contribution in [0.15, 0.2) is 53.4 Å². The van der Waals surface area contributed by atoms with Crippen molar-refractivity contribution in [1.29, 1.82) is 0 Å². The molecule has 2 aromatic carbocycles. The smallest absolute Gasteiger partial charge is 0.261 e. The van der Waals surface area contributed by atoms with Gasteiger partial charge in [0.2, 0.25) is 0 Å². The molecule has 0 aliphatic rings. The lowest BCUT2D eigenvalue weighted by Crippen LogP contribution is -2.30. The summed E-state index contributed by atoms with van der Waals surface area (Å²) in [5.74, 6) is -0.0696. The number of ether oxygens (including phenoxy) is 2. The minimum Gasteiger partial charge on any atom is -0.482 e. The Kier molecular flexibility index (Phi) is 8.56. The molecule has 2 N–H and O–H groups in total. The predicted octanol–water partition coefficient (Wildman–Crippen LogP) is 3.06. The third kappa shape index (κ3) is 7.03. The maximum Gasteiger partial charge on any atom is 0.261 e. The summed E-state index contributed by atoms with van der Waals surface area (Å²) in [7, 11) is -3.78. The van der Waals surface area contributed by atoms with Gasteiger partial charge >= 0.3 is 0 Å². The van der Waals surface area contributed by atoms with E-state index in [1.165, 1.54) is 18.2 Å². The molecule has 2 aromatic rings. The van der Waals surface area contributed by atoms with Crippen molar-refractivity contribution < 1.29 is 22.7 Å². The average molecular weight is 427 g/mol. The Morgan fingerprint density at radius 2 is 1.89 bits per heavy atom. The number of sulfonamides is 1. The highest BCUT2D eigenvalue weighted by Gasteiger charge is 2.16. The van der Waals surface area contributed by atoms with Crippen LogP contribution >= 0.6 is 11.6 Å². The Morgan fingerprint density at radius 1 is 1.14 bits per heavy atom. The molecule has 28 heavy (non-hydrogen) atoms. The Balaban J connectivity index is 1.90. The Hall–Kier alpha value is -2.29. The number of carbonyl (C=O) groups excluding carboxylic acids is 1. The largest absolute Gasteiger partial charge is 0.482 e. The lowest BCUT2D eigenvalue weighted by atomic mass is 10.3. The van der Waals surface area contributed by atoms with E-state index in [1.54, 1.807) is 30.3 Å². The second kappa shape index (κ2) is 10.9. The molecule has 1 amide bonds. The molecule has 2 rings (SSSR count). The van der Waals surface area contributed by atoms with E-state index in [0.717, 1.165) is 0 Å². The molecule has 0 saturated heterocycles. The number of rotatable bonds is 11. The van der Waals surface area contributed by atoms with E-state index in [4.69, 9.17) is 21.1 Å². The second-order valence-electron chi connectivity index (χ2n) is 5.75. The fraction of sp³-hybridized carbons (Fsp3) is 0.316. The van der Waals surface area contributed by atoms with E-state index >= 15 is 0 Å². The van der Waals surface area contributed by atoms with Crippen LogP contribution in [0.1, 0.15) is 13.3 Å². The van der Waals surface area contributed by atoms with E-state index in [0.29, 0.717) is 31.9 Å². The van der Waals surface area contributed by atoms with Crippen molar-refractivity contribution in [2.45, 2.75) is 18.2 Å². The van der Waals surface area contributed by atoms with Gasteiger partial charge in [0, 0.05) is 25.4 Å². The highest BCUT2D eigenvalue weighted by atomic mass is 35.5. The van der Waals surface area contributed by atoms with Gasteiger partial charge in [-0.05, 0) is 43.7 Å². The molecular formula is C19H23ClN2O5S. The monoisotopic (exact) mass is 426 g/mol. The van der Waals surface area contributed by atoms with Gasteiger partial charge in [0.1, 0.15) is 5.75 Å². The van der Waals surface area contributed by atoms with E-state index in [1.807, 2.05) is 6.92 Å². The average Bonchev–Trinajstić information content (AvgIpc) is 2.67. The number of halogens is 1. The van der Waals surface area contributed by atoms with E-state index < -0.39 is 10.0 Å². The fourth-order valence-electron chi connectivity index (χ4n) is 2.23. The van der Waals surface area contributed by atoms with Gasteiger partial charge in [-0.1, -0.05) is 29.8 Å². The van der Waals surface area contributed by atoms with Crippen LogP contribution < -0.4 is 14.8 Å². The van der Waals surface area contributed by atoms with Gasteiger partial charge in [-0.25, -0.2) is 8.42 Å². The number of anilines is 1. The van der Waals surface area contributed by atoms with Crippen molar-refractivity contribution in [1.82, 2.24) is 5.32 Å². The molecule has 0 unspecified atom stereocenters. The van der Waals surface area contributed by atoms with Gasteiger partial charge < -0.3 is 14.8 Å². The summed E-state index contributed by atoms with van der Waals surface area (Å²) in [5, 5.41) is 2.80. The molecule has 0 bridgehead atoms. The number of nitrogens with one attached hydrogen (secondary N) is 2. The fourth-order valence-corrected chi connectivity index (χ4v) is 3.61. The highest BCUT2D eigenvalue weighted by molar-refractivity contribution is 7.92. The Morgan fingerprint density at radius 3 is 2.57 bits per heavy atom. The summed E-state index contributed by atoms with van der Waals surface area (Å²) in [6, 6.07) is 12.6. The third-order valence-electron chi connectivity index (χ3n) is 3.59. The quantitative estimate of drug-likeness (QED) is 0.538. The number of carbonyl (C=O) groups is 1. The van der Waals surface area contributed by atoms with Crippen LogP contribution in [-0.4, -0.2) is 40.7 Å². The van der Waals surface area contributed by atoms with Crippen LogP contribution in [0.4, 0.5) is 5.69 Å². The lowest BCUT2D eigenvalue weighted by Gasteiger charge is -2.11. The van der Waals surface area contributed by atoms with Crippen LogP contribution in [0.5, 0.6) is 5.75 Å². The SMILES string of the molecule is CCOCCCNC(=O)COc1ccc(S(=O)(=O)Nc2ccccc2)cc1Cl. The number of hydrogen-bond donors (Lipinski definition) is 2. The highest BCUT2D eigenvalue weighted by Crippen LogP contribution is 2.28. The van der Waals surface area contributed by atoms with Crippen molar-refractivity contribution in [2.24, 2.45) is 0 Å². The summed E-state index contributed by atoms with van der Waals surface area (Å²) in [5.41, 5.74) is 0.444. The van der Waals surface area contributed by atoms with Gasteiger partial charge in [0.15, 0.2) is 6.61 Å². The summed E-state index contributed by atoms with van der Waals surface area (Å²) < 4.78 is 37.9. The zero-order valence-electron chi connectivity index (χ0n) is 15.5. The van der Waals surface area contributed by atoms with Crippen LogP contribution in [0.3, 0.4) is 0 Å². The van der Waals surface area contributed by atoms with Crippen molar-refractivity contribution in [3.8, 4) is 5.75 Å². The zero-order chi connectivity index (χ0) is 20.4. The molecule has 0 fully saturated rings.